The fourth-order valence-electron chi connectivity index (χ4n) is 4.02. The number of thiophene rings is 1. The SMILES string of the molecule is NC(=O)CCn1c(NC(=O)c2ccc(-c3ccc(N)nc3)s2)nc2cc(NCC(=O)c3ccccc3)ccc21. The van der Waals surface area contributed by atoms with Crippen LogP contribution in [0, 0.1) is 0 Å². The number of fused-ring (bicyclic) bond motifs is 1. The van der Waals surface area contributed by atoms with Crippen LogP contribution in [0.15, 0.2) is 79.0 Å². The van der Waals surface area contributed by atoms with Crippen LogP contribution in [0.4, 0.5) is 17.5 Å². The van der Waals surface area contributed by atoms with Gasteiger partial charge in [0.15, 0.2) is 5.78 Å². The molecule has 2 aromatic carbocycles. The van der Waals surface area contributed by atoms with Gasteiger partial charge >= 0.3 is 0 Å². The molecule has 0 aliphatic rings. The first-order valence-corrected chi connectivity index (χ1v) is 12.9. The number of pyridine rings is 1. The predicted octanol–water partition coefficient (Wildman–Crippen LogP) is 4.16. The van der Waals surface area contributed by atoms with Gasteiger partial charge in [-0.25, -0.2) is 9.97 Å². The first-order chi connectivity index (χ1) is 18.9. The van der Waals surface area contributed by atoms with Crippen molar-refractivity contribution >= 4 is 57.4 Å². The fraction of sp³-hybridized carbons (Fsp3) is 0.107. The number of imidazole rings is 1. The standard InChI is InChI=1S/C28H25N7O3S/c29-25-11-6-18(15-32-25)23-9-10-24(39-23)27(38)34-28-33-20-14-19(7-8-21(20)35(28)13-12-26(30)37)31-16-22(36)17-4-2-1-3-5-17/h1-11,14-15,31H,12-13,16H2,(H2,29,32)(H2,30,37)(H,33,34,38). The number of ketones is 1. The summed E-state index contributed by atoms with van der Waals surface area (Å²) in [7, 11) is 0. The number of amides is 2. The Morgan fingerprint density at radius 2 is 1.79 bits per heavy atom. The molecule has 6 N–H and O–H groups in total. The van der Waals surface area contributed by atoms with Crippen LogP contribution < -0.4 is 22.1 Å². The van der Waals surface area contributed by atoms with Crippen LogP contribution in [0.3, 0.4) is 0 Å². The number of anilines is 3. The van der Waals surface area contributed by atoms with E-state index >= 15 is 0 Å². The summed E-state index contributed by atoms with van der Waals surface area (Å²) in [5.74, 6) is -0.133. The number of Topliss-reactive ketones (excluding diaryl/α,β-unsaturated/α-hetero) is 1. The number of benzene rings is 2. The van der Waals surface area contributed by atoms with Gasteiger partial charge in [0.1, 0.15) is 5.82 Å². The molecule has 0 unspecified atom stereocenters. The number of nitrogen functional groups attached to an aromatic ring is 1. The van der Waals surface area contributed by atoms with Gasteiger partial charge in [-0.05, 0) is 42.5 Å². The normalized spacial score (nSPS) is 10.9. The number of hydrogen-bond donors (Lipinski definition) is 4. The molecule has 0 radical (unpaired) electrons. The Hall–Kier alpha value is -5.03. The molecule has 2 amide bonds. The van der Waals surface area contributed by atoms with Crippen LogP contribution in [-0.2, 0) is 11.3 Å². The Morgan fingerprint density at radius 3 is 2.54 bits per heavy atom. The second kappa shape index (κ2) is 11.2. The van der Waals surface area contributed by atoms with Gasteiger partial charge in [0.05, 0.1) is 22.5 Å². The molecule has 5 rings (SSSR count). The molecule has 39 heavy (non-hydrogen) atoms. The maximum absolute atomic E-state index is 13.1. The lowest BCUT2D eigenvalue weighted by Gasteiger charge is -2.09. The van der Waals surface area contributed by atoms with Crippen molar-refractivity contribution in [1.82, 2.24) is 14.5 Å². The number of carbonyl (C=O) groups is 3. The first-order valence-electron chi connectivity index (χ1n) is 12.1. The minimum Gasteiger partial charge on any atom is -0.384 e. The summed E-state index contributed by atoms with van der Waals surface area (Å²) in [5.41, 5.74) is 14.5. The van der Waals surface area contributed by atoms with Crippen molar-refractivity contribution in [3.8, 4) is 10.4 Å². The van der Waals surface area contributed by atoms with Gasteiger partial charge in [0.2, 0.25) is 11.9 Å². The lowest BCUT2D eigenvalue weighted by Crippen LogP contribution is -2.18. The van der Waals surface area contributed by atoms with Crippen molar-refractivity contribution < 1.29 is 14.4 Å². The fourth-order valence-corrected chi connectivity index (χ4v) is 4.91. The molecule has 0 bridgehead atoms. The zero-order valence-corrected chi connectivity index (χ0v) is 21.6. The van der Waals surface area contributed by atoms with E-state index in [9.17, 15) is 14.4 Å². The number of aromatic nitrogens is 3. The Bertz CT molecular complexity index is 1660. The molecule has 0 saturated heterocycles. The number of hydrogen-bond acceptors (Lipinski definition) is 8. The molecule has 0 atom stereocenters. The third kappa shape index (κ3) is 5.94. The number of rotatable bonds is 10. The van der Waals surface area contributed by atoms with Gasteiger partial charge < -0.3 is 21.4 Å². The second-order valence-electron chi connectivity index (χ2n) is 8.74. The summed E-state index contributed by atoms with van der Waals surface area (Å²) in [6.07, 6.45) is 1.73. The highest BCUT2D eigenvalue weighted by Gasteiger charge is 2.17. The Morgan fingerprint density at radius 1 is 0.974 bits per heavy atom. The maximum Gasteiger partial charge on any atom is 0.268 e. The number of primary amides is 1. The molecule has 3 heterocycles. The number of nitrogens with zero attached hydrogens (tertiary/aromatic N) is 3. The molecule has 10 nitrogen and oxygen atoms in total. The number of nitrogens with two attached hydrogens (primary N) is 2. The van der Waals surface area contributed by atoms with Crippen molar-refractivity contribution in [1.29, 1.82) is 0 Å². The summed E-state index contributed by atoms with van der Waals surface area (Å²) in [5, 5.41) is 6.00. The van der Waals surface area contributed by atoms with Crippen molar-refractivity contribution in [2.45, 2.75) is 13.0 Å². The number of nitrogens with one attached hydrogen (secondary N) is 2. The molecule has 0 fully saturated rings. The first kappa shape index (κ1) is 25.6. The summed E-state index contributed by atoms with van der Waals surface area (Å²) >= 11 is 1.31. The van der Waals surface area contributed by atoms with Crippen LogP contribution in [0.2, 0.25) is 0 Å². The zero-order chi connectivity index (χ0) is 27.4. The molecular formula is C28H25N7O3S. The van der Waals surface area contributed by atoms with Crippen LogP contribution in [-0.4, -0.2) is 38.7 Å². The Labute approximate surface area is 227 Å². The largest absolute Gasteiger partial charge is 0.384 e. The van der Waals surface area contributed by atoms with Gasteiger partial charge in [-0.15, -0.1) is 11.3 Å². The van der Waals surface area contributed by atoms with E-state index < -0.39 is 5.91 Å². The average Bonchev–Trinajstić information content (AvgIpc) is 3.56. The summed E-state index contributed by atoms with van der Waals surface area (Å²) in [6.45, 7) is 0.360. The van der Waals surface area contributed by atoms with E-state index in [4.69, 9.17) is 11.5 Å². The molecule has 3 aromatic heterocycles. The number of carbonyl (C=O) groups excluding carboxylic acids is 3. The van der Waals surface area contributed by atoms with Crippen molar-refractivity contribution in [2.75, 3.05) is 22.9 Å². The number of aryl methyl sites for hydroxylation is 1. The van der Waals surface area contributed by atoms with E-state index in [-0.39, 0.29) is 37.1 Å². The highest BCUT2D eigenvalue weighted by Crippen LogP contribution is 2.29. The molecule has 0 spiro atoms. The summed E-state index contributed by atoms with van der Waals surface area (Å²) in [6, 6.07) is 21.6. The van der Waals surface area contributed by atoms with E-state index in [0.717, 1.165) is 10.4 Å². The minimum absolute atomic E-state index is 0.0410. The molecule has 196 valence electrons. The highest BCUT2D eigenvalue weighted by atomic mass is 32.1. The smallest absolute Gasteiger partial charge is 0.268 e. The van der Waals surface area contributed by atoms with Crippen molar-refractivity contribution in [2.24, 2.45) is 5.73 Å². The van der Waals surface area contributed by atoms with E-state index in [2.05, 4.69) is 20.6 Å². The molecular weight excluding hydrogens is 514 g/mol. The van der Waals surface area contributed by atoms with E-state index in [1.807, 2.05) is 42.5 Å². The van der Waals surface area contributed by atoms with Crippen molar-refractivity contribution in [3.63, 3.8) is 0 Å². The minimum atomic E-state index is -0.466. The lowest BCUT2D eigenvalue weighted by atomic mass is 10.1. The second-order valence-corrected chi connectivity index (χ2v) is 9.82. The lowest BCUT2D eigenvalue weighted by molar-refractivity contribution is -0.118. The molecule has 0 aliphatic carbocycles. The summed E-state index contributed by atoms with van der Waals surface area (Å²) in [4.78, 5) is 47.2. The monoisotopic (exact) mass is 539 g/mol. The van der Waals surface area contributed by atoms with Gasteiger partial charge in [0, 0.05) is 40.9 Å². The predicted molar refractivity (Wildman–Crippen MR) is 153 cm³/mol. The van der Waals surface area contributed by atoms with Crippen molar-refractivity contribution in [3.05, 3.63) is 89.4 Å². The molecule has 0 aliphatic heterocycles. The van der Waals surface area contributed by atoms with E-state index in [0.29, 0.717) is 33.0 Å². The van der Waals surface area contributed by atoms with Crippen LogP contribution in [0.5, 0.6) is 0 Å². The third-order valence-corrected chi connectivity index (χ3v) is 7.14. The highest BCUT2D eigenvalue weighted by molar-refractivity contribution is 7.17. The molecule has 0 saturated carbocycles. The molecule has 5 aromatic rings. The quantitative estimate of drug-likeness (QED) is 0.194. The van der Waals surface area contributed by atoms with Crippen LogP contribution in [0.25, 0.3) is 21.5 Å². The summed E-state index contributed by atoms with van der Waals surface area (Å²) < 4.78 is 1.75. The zero-order valence-electron chi connectivity index (χ0n) is 20.8. The van der Waals surface area contributed by atoms with E-state index in [1.54, 1.807) is 41.1 Å². The van der Waals surface area contributed by atoms with E-state index in [1.165, 1.54) is 11.3 Å². The third-order valence-electron chi connectivity index (χ3n) is 6.00. The Balaban J connectivity index is 1.36. The average molecular weight is 540 g/mol. The maximum atomic E-state index is 13.1. The van der Waals surface area contributed by atoms with Crippen LogP contribution >= 0.6 is 11.3 Å². The van der Waals surface area contributed by atoms with Crippen LogP contribution in [0.1, 0.15) is 26.5 Å². The van der Waals surface area contributed by atoms with Gasteiger partial charge in [-0.1, -0.05) is 30.3 Å². The Kier molecular flexibility index (Phi) is 7.32. The van der Waals surface area contributed by atoms with Gasteiger partial charge in [-0.3, -0.25) is 19.7 Å². The van der Waals surface area contributed by atoms with Gasteiger partial charge in [-0.2, -0.15) is 0 Å². The topological polar surface area (TPSA) is 158 Å². The van der Waals surface area contributed by atoms with Gasteiger partial charge in [0.25, 0.3) is 5.91 Å². The molecule has 11 heteroatoms.